The number of halogens is 1. The average Bonchev–Trinajstić information content (AvgIpc) is 2.48. The van der Waals surface area contributed by atoms with Crippen molar-refractivity contribution in [3.63, 3.8) is 0 Å². The van der Waals surface area contributed by atoms with Gasteiger partial charge in [0.15, 0.2) is 0 Å². The quantitative estimate of drug-likeness (QED) is 0.661. The summed E-state index contributed by atoms with van der Waals surface area (Å²) < 4.78 is 4.85. The molecular weight excluding hydrogens is 316 g/mol. The summed E-state index contributed by atoms with van der Waals surface area (Å²) in [6, 6.07) is 7.52. The lowest BCUT2D eigenvalue weighted by Crippen LogP contribution is -2.04. The second-order valence-corrected chi connectivity index (χ2v) is 4.47. The fourth-order valence-corrected chi connectivity index (χ4v) is 1.80. The molecule has 0 radical (unpaired) electrons. The molecule has 0 aliphatic heterocycles. The topological polar surface area (TPSA) is 120 Å². The van der Waals surface area contributed by atoms with Crippen molar-refractivity contribution in [3.8, 4) is 5.75 Å². The van der Waals surface area contributed by atoms with Crippen LogP contribution in [0.1, 0.15) is 0 Å². The number of nitro groups is 2. The number of benzene rings is 1. The molecule has 114 valence electrons. The molecule has 2 rings (SSSR count). The molecule has 1 aromatic carbocycles. The second kappa shape index (κ2) is 6.22. The molecule has 0 atom stereocenters. The highest BCUT2D eigenvalue weighted by atomic mass is 35.5. The van der Waals surface area contributed by atoms with Crippen LogP contribution in [0.25, 0.3) is 0 Å². The van der Waals surface area contributed by atoms with E-state index in [0.717, 1.165) is 6.07 Å². The minimum absolute atomic E-state index is 0.0326. The predicted molar refractivity (Wildman–Crippen MR) is 78.8 cm³/mol. The first-order chi connectivity index (χ1) is 10.4. The molecule has 0 saturated carbocycles. The third kappa shape index (κ3) is 3.20. The fourth-order valence-electron chi connectivity index (χ4n) is 1.68. The number of nitrogens with zero attached hydrogens (tertiary/aromatic N) is 3. The Morgan fingerprint density at radius 2 is 1.73 bits per heavy atom. The van der Waals surface area contributed by atoms with Crippen LogP contribution < -0.4 is 10.1 Å². The van der Waals surface area contributed by atoms with Crippen molar-refractivity contribution in [2.24, 2.45) is 0 Å². The van der Waals surface area contributed by atoms with Crippen LogP contribution in [0.5, 0.6) is 5.75 Å². The monoisotopic (exact) mass is 324 g/mol. The van der Waals surface area contributed by atoms with Gasteiger partial charge in [0.1, 0.15) is 5.69 Å². The van der Waals surface area contributed by atoms with Gasteiger partial charge in [0.2, 0.25) is 5.75 Å². The molecule has 0 aliphatic rings. The summed E-state index contributed by atoms with van der Waals surface area (Å²) in [5, 5.41) is 25.2. The maximum absolute atomic E-state index is 11.1. The molecule has 0 saturated heterocycles. The summed E-state index contributed by atoms with van der Waals surface area (Å²) in [6.45, 7) is 0. The highest BCUT2D eigenvalue weighted by Gasteiger charge is 2.26. The Morgan fingerprint density at radius 1 is 1.14 bits per heavy atom. The van der Waals surface area contributed by atoms with Crippen molar-refractivity contribution in [1.29, 1.82) is 0 Å². The van der Waals surface area contributed by atoms with Crippen molar-refractivity contribution in [1.82, 2.24) is 4.98 Å². The van der Waals surface area contributed by atoms with Gasteiger partial charge in [0, 0.05) is 21.8 Å². The first kappa shape index (κ1) is 15.4. The second-order valence-electron chi connectivity index (χ2n) is 4.03. The van der Waals surface area contributed by atoms with Gasteiger partial charge in [-0.15, -0.1) is 0 Å². The molecule has 1 N–H and O–H groups in total. The van der Waals surface area contributed by atoms with Gasteiger partial charge in [-0.05, 0) is 34.1 Å². The van der Waals surface area contributed by atoms with Crippen LogP contribution in [0.15, 0.2) is 30.3 Å². The summed E-state index contributed by atoms with van der Waals surface area (Å²) in [7, 11) is 1.21. The molecule has 0 bridgehead atoms. The largest absolute Gasteiger partial charge is 0.489 e. The normalized spacial score (nSPS) is 10.1. The lowest BCUT2D eigenvalue weighted by Gasteiger charge is -2.09. The minimum atomic E-state index is -0.849. The van der Waals surface area contributed by atoms with Crippen molar-refractivity contribution in [2.45, 2.75) is 0 Å². The number of nitrogens with one attached hydrogen (secondary N) is 1. The van der Waals surface area contributed by atoms with Crippen molar-refractivity contribution >= 4 is 34.6 Å². The van der Waals surface area contributed by atoms with Gasteiger partial charge in [-0.2, -0.15) is 0 Å². The van der Waals surface area contributed by atoms with Crippen LogP contribution in [0.2, 0.25) is 5.02 Å². The van der Waals surface area contributed by atoms with Gasteiger partial charge in [-0.1, -0.05) is 11.6 Å². The van der Waals surface area contributed by atoms with E-state index in [1.165, 1.54) is 7.11 Å². The third-order valence-electron chi connectivity index (χ3n) is 2.64. The molecule has 22 heavy (non-hydrogen) atoms. The zero-order chi connectivity index (χ0) is 16.3. The first-order valence-electron chi connectivity index (χ1n) is 5.82. The van der Waals surface area contributed by atoms with E-state index in [2.05, 4.69) is 10.3 Å². The van der Waals surface area contributed by atoms with Gasteiger partial charge in [0.05, 0.1) is 7.11 Å². The van der Waals surface area contributed by atoms with Gasteiger partial charge >= 0.3 is 11.6 Å². The molecule has 1 aromatic heterocycles. The van der Waals surface area contributed by atoms with Crippen LogP contribution in [0, 0.1) is 20.2 Å². The van der Waals surface area contributed by atoms with Gasteiger partial charge in [0.25, 0.3) is 0 Å². The zero-order valence-electron chi connectivity index (χ0n) is 11.1. The summed E-state index contributed by atoms with van der Waals surface area (Å²) in [5.41, 5.74) is 0.472. The summed E-state index contributed by atoms with van der Waals surface area (Å²) in [6.07, 6.45) is 0. The Kier molecular flexibility index (Phi) is 4.37. The van der Waals surface area contributed by atoms with Crippen LogP contribution in [-0.2, 0) is 0 Å². The Morgan fingerprint density at radius 3 is 2.23 bits per heavy atom. The smallest absolute Gasteiger partial charge is 0.410 e. The molecule has 2 aromatic rings. The number of pyridine rings is 1. The lowest BCUT2D eigenvalue weighted by atomic mass is 10.3. The molecule has 10 heteroatoms. The average molecular weight is 325 g/mol. The van der Waals surface area contributed by atoms with E-state index in [1.807, 2.05) is 0 Å². The van der Waals surface area contributed by atoms with Gasteiger partial charge < -0.3 is 30.3 Å². The predicted octanol–water partition coefficient (Wildman–Crippen LogP) is 3.30. The number of ether oxygens (including phenoxy) is 1. The van der Waals surface area contributed by atoms with Crippen molar-refractivity contribution in [3.05, 3.63) is 55.6 Å². The van der Waals surface area contributed by atoms with Crippen LogP contribution in [0.4, 0.5) is 23.0 Å². The Balaban J connectivity index is 2.51. The van der Waals surface area contributed by atoms with Crippen LogP contribution >= 0.6 is 11.6 Å². The Hall–Kier alpha value is -2.94. The van der Waals surface area contributed by atoms with E-state index < -0.39 is 21.5 Å². The number of methoxy groups -OCH3 is 1. The summed E-state index contributed by atoms with van der Waals surface area (Å²) in [5.74, 6) is -1.59. The summed E-state index contributed by atoms with van der Waals surface area (Å²) >= 11 is 5.76. The van der Waals surface area contributed by atoms with Crippen molar-refractivity contribution in [2.75, 3.05) is 12.4 Å². The molecule has 0 spiro atoms. The molecule has 1 heterocycles. The van der Waals surface area contributed by atoms with Crippen LogP contribution in [0.3, 0.4) is 0 Å². The van der Waals surface area contributed by atoms with E-state index in [9.17, 15) is 20.2 Å². The van der Waals surface area contributed by atoms with E-state index in [1.54, 1.807) is 24.3 Å². The Bertz CT molecular complexity index is 735. The third-order valence-corrected chi connectivity index (χ3v) is 2.89. The highest BCUT2D eigenvalue weighted by molar-refractivity contribution is 6.30. The van der Waals surface area contributed by atoms with Crippen LogP contribution in [-0.4, -0.2) is 21.9 Å². The molecule has 0 unspecified atom stereocenters. The van der Waals surface area contributed by atoms with E-state index in [4.69, 9.17) is 16.3 Å². The van der Waals surface area contributed by atoms with E-state index >= 15 is 0 Å². The van der Waals surface area contributed by atoms with Gasteiger partial charge in [-0.3, -0.25) is 0 Å². The zero-order valence-corrected chi connectivity index (χ0v) is 11.9. The number of anilines is 2. The number of hydrogen-bond acceptors (Lipinski definition) is 7. The highest BCUT2D eigenvalue weighted by Crippen LogP contribution is 2.35. The standard InChI is InChI=1S/C12H9ClN4O5/c1-22-10-6-9(14-8-4-2-7(13)3-5-8)11(16(18)19)15-12(10)17(20)21/h2-6,14H,1H3. The first-order valence-corrected chi connectivity index (χ1v) is 6.20. The number of aromatic nitrogens is 1. The maximum Gasteiger partial charge on any atom is 0.410 e. The number of rotatable bonds is 5. The maximum atomic E-state index is 11.1. The Labute approximate surface area is 128 Å². The van der Waals surface area contributed by atoms with E-state index in [-0.39, 0.29) is 11.4 Å². The number of hydrogen-bond donors (Lipinski definition) is 1. The van der Waals surface area contributed by atoms with E-state index in [0.29, 0.717) is 10.7 Å². The molecule has 0 aliphatic carbocycles. The molecule has 0 fully saturated rings. The lowest BCUT2D eigenvalue weighted by molar-refractivity contribution is -0.403. The van der Waals surface area contributed by atoms with Gasteiger partial charge in [-0.25, -0.2) is 0 Å². The molecule has 9 nitrogen and oxygen atoms in total. The fraction of sp³-hybridized carbons (Fsp3) is 0.0833. The molecular formula is C12H9ClN4O5. The summed E-state index contributed by atoms with van der Waals surface area (Å²) in [4.78, 5) is 23.7. The molecule has 0 amide bonds. The van der Waals surface area contributed by atoms with Crippen molar-refractivity contribution < 1.29 is 14.6 Å². The SMILES string of the molecule is COc1cc(Nc2ccc(Cl)cc2)c([N+](=O)[O-])nc1[N+](=O)[O-]. The minimum Gasteiger partial charge on any atom is -0.489 e.